The molecule has 1 amide bonds. The Kier molecular flexibility index (Phi) is 8.35. The van der Waals surface area contributed by atoms with E-state index in [1.807, 2.05) is 54.6 Å². The summed E-state index contributed by atoms with van der Waals surface area (Å²) in [6.45, 7) is 0. The molecule has 3 rings (SSSR count). The molecule has 0 fully saturated rings. The van der Waals surface area contributed by atoms with E-state index in [-0.39, 0.29) is 12.3 Å². The zero-order valence-electron chi connectivity index (χ0n) is 17.4. The lowest BCUT2D eigenvalue weighted by Crippen LogP contribution is -2.08. The predicted molar refractivity (Wildman–Crippen MR) is 128 cm³/mol. The van der Waals surface area contributed by atoms with Crippen LogP contribution in [-0.2, 0) is 9.59 Å². The highest BCUT2D eigenvalue weighted by Gasteiger charge is 2.08. The normalized spacial score (nSPS) is 11.5. The van der Waals surface area contributed by atoms with Gasteiger partial charge >= 0.3 is 5.97 Å². The number of amides is 1. The zero-order valence-corrected chi connectivity index (χ0v) is 18.1. The van der Waals surface area contributed by atoms with E-state index in [2.05, 4.69) is 10.3 Å². The number of benzene rings is 2. The van der Waals surface area contributed by atoms with Gasteiger partial charge in [-0.2, -0.15) is 0 Å². The highest BCUT2D eigenvalue weighted by atomic mass is 35.5. The molecule has 0 unspecified atom stereocenters. The summed E-state index contributed by atoms with van der Waals surface area (Å²) in [7, 11) is 0. The number of halogens is 1. The maximum absolute atomic E-state index is 12.4. The standard InChI is InChI=1S/C26H23ClN2O3/c27-22-9-3-6-19(16-22)13-14-25(30)29-23-10-4-7-20(17-23)24(11-1-2-12-26(31)32)21-8-5-15-28-18-21/h3-11,13-18H,1-2,12H2,(H,29,30)(H,31,32). The van der Waals surface area contributed by atoms with Crippen LogP contribution in [0.25, 0.3) is 11.6 Å². The molecule has 0 aliphatic heterocycles. The van der Waals surface area contributed by atoms with Gasteiger partial charge in [0.05, 0.1) is 0 Å². The summed E-state index contributed by atoms with van der Waals surface area (Å²) in [6, 6.07) is 18.6. The molecular weight excluding hydrogens is 424 g/mol. The number of nitrogens with zero attached hydrogens (tertiary/aromatic N) is 1. The van der Waals surface area contributed by atoms with Crippen molar-refractivity contribution in [3.8, 4) is 0 Å². The van der Waals surface area contributed by atoms with Crippen LogP contribution in [0.4, 0.5) is 5.69 Å². The van der Waals surface area contributed by atoms with Crippen molar-refractivity contribution >= 4 is 40.8 Å². The van der Waals surface area contributed by atoms with Crippen LogP contribution in [0, 0.1) is 0 Å². The van der Waals surface area contributed by atoms with Crippen LogP contribution < -0.4 is 5.32 Å². The third kappa shape index (κ3) is 7.22. The van der Waals surface area contributed by atoms with Gasteiger partial charge in [0.25, 0.3) is 0 Å². The molecule has 2 aromatic carbocycles. The SMILES string of the molecule is O=C(O)CCCC=C(c1cccnc1)c1cccc(NC(=O)C=Cc2cccc(Cl)c2)c1. The molecule has 2 N–H and O–H groups in total. The van der Waals surface area contributed by atoms with Crippen LogP contribution in [0.2, 0.25) is 5.02 Å². The Bertz CT molecular complexity index is 1140. The summed E-state index contributed by atoms with van der Waals surface area (Å²) in [5.74, 6) is -1.06. The van der Waals surface area contributed by atoms with Crippen LogP contribution in [0.5, 0.6) is 0 Å². The molecule has 0 bridgehead atoms. The van der Waals surface area contributed by atoms with E-state index in [0.717, 1.165) is 22.3 Å². The Morgan fingerprint density at radius 3 is 2.59 bits per heavy atom. The Hall–Kier alpha value is -3.70. The second-order valence-electron chi connectivity index (χ2n) is 7.10. The highest BCUT2D eigenvalue weighted by molar-refractivity contribution is 6.30. The lowest BCUT2D eigenvalue weighted by atomic mass is 9.97. The van der Waals surface area contributed by atoms with Crippen LogP contribution in [0.1, 0.15) is 36.0 Å². The summed E-state index contributed by atoms with van der Waals surface area (Å²) < 4.78 is 0. The monoisotopic (exact) mass is 446 g/mol. The van der Waals surface area contributed by atoms with E-state index in [4.69, 9.17) is 16.7 Å². The Labute approximate surface area is 192 Å². The molecule has 162 valence electrons. The molecular formula is C26H23ClN2O3. The number of anilines is 1. The number of hydrogen-bond donors (Lipinski definition) is 2. The number of rotatable bonds is 9. The minimum absolute atomic E-state index is 0.117. The molecule has 0 aliphatic rings. The minimum atomic E-state index is -0.808. The fraction of sp³-hybridized carbons (Fsp3) is 0.115. The number of nitrogens with one attached hydrogen (secondary N) is 1. The fourth-order valence-corrected chi connectivity index (χ4v) is 3.35. The number of aromatic nitrogens is 1. The van der Waals surface area contributed by atoms with Gasteiger partial charge in [0.1, 0.15) is 0 Å². The van der Waals surface area contributed by atoms with E-state index in [1.54, 1.807) is 30.6 Å². The molecule has 1 aromatic heterocycles. The van der Waals surface area contributed by atoms with Gasteiger partial charge in [-0.05, 0) is 65.9 Å². The van der Waals surface area contributed by atoms with Crippen molar-refractivity contribution in [3.63, 3.8) is 0 Å². The zero-order chi connectivity index (χ0) is 22.8. The number of hydrogen-bond acceptors (Lipinski definition) is 3. The predicted octanol–water partition coefficient (Wildman–Crippen LogP) is 6.07. The molecule has 0 aliphatic carbocycles. The number of carbonyl (C=O) groups excluding carboxylic acids is 1. The summed E-state index contributed by atoms with van der Waals surface area (Å²) >= 11 is 5.98. The molecule has 5 nitrogen and oxygen atoms in total. The molecule has 0 saturated carbocycles. The van der Waals surface area contributed by atoms with E-state index in [9.17, 15) is 9.59 Å². The Morgan fingerprint density at radius 1 is 1.03 bits per heavy atom. The van der Waals surface area contributed by atoms with Crippen molar-refractivity contribution in [2.24, 2.45) is 0 Å². The van der Waals surface area contributed by atoms with Crippen molar-refractivity contribution in [2.75, 3.05) is 5.32 Å². The van der Waals surface area contributed by atoms with Gasteiger partial charge in [-0.3, -0.25) is 14.6 Å². The van der Waals surface area contributed by atoms with E-state index in [0.29, 0.717) is 23.6 Å². The third-order valence-corrected chi connectivity index (χ3v) is 4.87. The van der Waals surface area contributed by atoms with Gasteiger partial charge < -0.3 is 10.4 Å². The van der Waals surface area contributed by atoms with E-state index >= 15 is 0 Å². The molecule has 0 spiro atoms. The smallest absolute Gasteiger partial charge is 0.303 e. The Balaban J connectivity index is 1.77. The van der Waals surface area contributed by atoms with Crippen molar-refractivity contribution in [2.45, 2.75) is 19.3 Å². The summed E-state index contributed by atoms with van der Waals surface area (Å²) in [4.78, 5) is 27.4. The second kappa shape index (κ2) is 11.6. The molecule has 1 heterocycles. The van der Waals surface area contributed by atoms with E-state index in [1.165, 1.54) is 6.08 Å². The van der Waals surface area contributed by atoms with Gasteiger partial charge in [-0.1, -0.05) is 48.0 Å². The highest BCUT2D eigenvalue weighted by Crippen LogP contribution is 2.26. The maximum atomic E-state index is 12.4. The summed E-state index contributed by atoms with van der Waals surface area (Å²) in [5.41, 5.74) is 4.26. The van der Waals surface area contributed by atoms with Crippen LogP contribution in [0.3, 0.4) is 0 Å². The summed E-state index contributed by atoms with van der Waals surface area (Å²) in [5, 5.41) is 12.4. The molecule has 6 heteroatoms. The molecule has 3 aromatic rings. The van der Waals surface area contributed by atoms with Crippen LogP contribution in [0.15, 0.2) is 85.2 Å². The first-order chi connectivity index (χ1) is 15.5. The van der Waals surface area contributed by atoms with Crippen molar-refractivity contribution in [1.29, 1.82) is 0 Å². The average molecular weight is 447 g/mol. The van der Waals surface area contributed by atoms with Crippen molar-refractivity contribution < 1.29 is 14.7 Å². The first-order valence-corrected chi connectivity index (χ1v) is 10.6. The number of carboxylic acid groups (broad SMARTS) is 1. The molecule has 32 heavy (non-hydrogen) atoms. The first-order valence-electron chi connectivity index (χ1n) is 10.2. The first kappa shape index (κ1) is 23.0. The maximum Gasteiger partial charge on any atom is 0.303 e. The van der Waals surface area contributed by atoms with Crippen LogP contribution in [-0.4, -0.2) is 22.0 Å². The largest absolute Gasteiger partial charge is 0.481 e. The Morgan fingerprint density at radius 2 is 1.84 bits per heavy atom. The fourth-order valence-electron chi connectivity index (χ4n) is 3.15. The number of unbranched alkanes of at least 4 members (excludes halogenated alkanes) is 1. The number of allylic oxidation sites excluding steroid dienone is 1. The quantitative estimate of drug-likeness (QED) is 0.308. The summed E-state index contributed by atoms with van der Waals surface area (Å²) in [6.07, 6.45) is 9.93. The number of pyridine rings is 1. The van der Waals surface area contributed by atoms with E-state index < -0.39 is 5.97 Å². The second-order valence-corrected chi connectivity index (χ2v) is 7.54. The molecule has 0 saturated heterocycles. The van der Waals surface area contributed by atoms with Gasteiger partial charge in [-0.15, -0.1) is 0 Å². The van der Waals surface area contributed by atoms with Crippen molar-refractivity contribution in [1.82, 2.24) is 4.98 Å². The lowest BCUT2D eigenvalue weighted by Gasteiger charge is -2.11. The number of carboxylic acids is 1. The van der Waals surface area contributed by atoms with Crippen LogP contribution >= 0.6 is 11.6 Å². The van der Waals surface area contributed by atoms with Crippen molar-refractivity contribution in [3.05, 3.63) is 107 Å². The van der Waals surface area contributed by atoms with Gasteiger partial charge in [0.2, 0.25) is 5.91 Å². The lowest BCUT2D eigenvalue weighted by molar-refractivity contribution is -0.137. The third-order valence-electron chi connectivity index (χ3n) is 4.63. The van der Waals surface area contributed by atoms with Gasteiger partial charge in [0, 0.05) is 41.2 Å². The molecule has 0 radical (unpaired) electrons. The number of aliphatic carboxylic acids is 1. The van der Waals surface area contributed by atoms with Gasteiger partial charge in [0.15, 0.2) is 0 Å². The van der Waals surface area contributed by atoms with Gasteiger partial charge in [-0.25, -0.2) is 0 Å². The minimum Gasteiger partial charge on any atom is -0.481 e. The topological polar surface area (TPSA) is 79.3 Å². The molecule has 0 atom stereocenters. The number of carbonyl (C=O) groups is 2. The average Bonchev–Trinajstić information content (AvgIpc) is 2.78.